The molecule has 4 heteroatoms. The van der Waals surface area contributed by atoms with Gasteiger partial charge in [0.25, 0.3) is 0 Å². The molecule has 0 spiro atoms. The molecule has 1 rings (SSSR count). The lowest BCUT2D eigenvalue weighted by atomic mass is 9.85. The predicted octanol–water partition coefficient (Wildman–Crippen LogP) is 0.735. The number of hydrogen-bond donors (Lipinski definition) is 2. The van der Waals surface area contributed by atoms with Crippen LogP contribution in [0.3, 0.4) is 0 Å². The van der Waals surface area contributed by atoms with Gasteiger partial charge in [-0.15, -0.1) is 0 Å². The summed E-state index contributed by atoms with van der Waals surface area (Å²) in [6.45, 7) is 3.29. The molecule has 1 saturated carbocycles. The van der Waals surface area contributed by atoms with Gasteiger partial charge in [0.05, 0.1) is 6.61 Å². The molecule has 1 fully saturated rings. The van der Waals surface area contributed by atoms with Gasteiger partial charge in [-0.25, -0.2) is 0 Å². The van der Waals surface area contributed by atoms with E-state index in [4.69, 9.17) is 10.8 Å². The smallest absolute Gasteiger partial charge is 0.225 e. The van der Waals surface area contributed by atoms with Gasteiger partial charge in [-0.3, -0.25) is 4.79 Å². The van der Waals surface area contributed by atoms with Crippen LogP contribution in [0, 0.1) is 5.92 Å². The van der Waals surface area contributed by atoms with Gasteiger partial charge in [-0.2, -0.15) is 0 Å². The van der Waals surface area contributed by atoms with Crippen LogP contribution >= 0.6 is 0 Å². The van der Waals surface area contributed by atoms with Crippen LogP contribution in [0.4, 0.5) is 0 Å². The van der Waals surface area contributed by atoms with Crippen LogP contribution in [0.1, 0.15) is 39.0 Å². The Morgan fingerprint density at radius 1 is 1.44 bits per heavy atom. The third kappa shape index (κ3) is 3.76. The molecule has 2 atom stereocenters. The molecule has 1 aliphatic rings. The average molecular weight is 228 g/mol. The normalized spacial score (nSPS) is 25.4. The molecule has 2 unspecified atom stereocenters. The molecule has 0 aromatic rings. The van der Waals surface area contributed by atoms with E-state index in [1.807, 2.05) is 6.92 Å². The molecule has 0 aromatic heterocycles. The maximum absolute atomic E-state index is 12.2. The van der Waals surface area contributed by atoms with Crippen molar-refractivity contribution in [2.24, 2.45) is 11.7 Å². The first-order chi connectivity index (χ1) is 7.69. The quantitative estimate of drug-likeness (QED) is 0.729. The molecule has 0 saturated heterocycles. The summed E-state index contributed by atoms with van der Waals surface area (Å²) in [5.74, 6) is 0.271. The standard InChI is InChI=1S/C12H24N2O2/c1-2-6-14(7-8-15)12(16)10-4-3-5-11(13)9-10/h10-11,15H,2-9,13H2,1H3. The molecule has 1 aliphatic carbocycles. The van der Waals surface area contributed by atoms with Gasteiger partial charge < -0.3 is 15.7 Å². The van der Waals surface area contributed by atoms with Crippen LogP contribution in [0.5, 0.6) is 0 Å². The Balaban J connectivity index is 2.51. The zero-order valence-corrected chi connectivity index (χ0v) is 10.2. The highest BCUT2D eigenvalue weighted by Crippen LogP contribution is 2.24. The van der Waals surface area contributed by atoms with Crippen LogP contribution < -0.4 is 5.73 Å². The lowest BCUT2D eigenvalue weighted by molar-refractivity contribution is -0.137. The number of aliphatic hydroxyl groups is 1. The van der Waals surface area contributed by atoms with Crippen molar-refractivity contribution in [1.29, 1.82) is 0 Å². The molecular weight excluding hydrogens is 204 g/mol. The van der Waals surface area contributed by atoms with Crippen molar-refractivity contribution < 1.29 is 9.90 Å². The maximum Gasteiger partial charge on any atom is 0.225 e. The number of rotatable bonds is 5. The van der Waals surface area contributed by atoms with Crippen molar-refractivity contribution in [2.75, 3.05) is 19.7 Å². The summed E-state index contributed by atoms with van der Waals surface area (Å²) in [5, 5.41) is 8.94. The molecule has 0 radical (unpaired) electrons. The van der Waals surface area contributed by atoms with E-state index in [9.17, 15) is 4.79 Å². The molecule has 16 heavy (non-hydrogen) atoms. The van der Waals surface area contributed by atoms with Gasteiger partial charge in [0.1, 0.15) is 0 Å². The average Bonchev–Trinajstić information content (AvgIpc) is 2.28. The second kappa shape index (κ2) is 6.86. The van der Waals surface area contributed by atoms with Crippen molar-refractivity contribution >= 4 is 5.91 Å². The zero-order chi connectivity index (χ0) is 12.0. The minimum absolute atomic E-state index is 0.0461. The van der Waals surface area contributed by atoms with Crippen molar-refractivity contribution in [1.82, 2.24) is 4.90 Å². The fourth-order valence-corrected chi connectivity index (χ4v) is 2.43. The monoisotopic (exact) mass is 228 g/mol. The third-order valence-electron chi connectivity index (χ3n) is 3.24. The van der Waals surface area contributed by atoms with E-state index >= 15 is 0 Å². The van der Waals surface area contributed by atoms with Crippen molar-refractivity contribution in [2.45, 2.75) is 45.1 Å². The molecule has 0 bridgehead atoms. The fraction of sp³-hybridized carbons (Fsp3) is 0.917. The Bertz CT molecular complexity index is 208. The third-order valence-corrected chi connectivity index (χ3v) is 3.24. The lowest BCUT2D eigenvalue weighted by Crippen LogP contribution is -2.42. The van der Waals surface area contributed by atoms with Crippen LogP contribution in [-0.4, -0.2) is 41.7 Å². The highest BCUT2D eigenvalue weighted by atomic mass is 16.3. The molecule has 0 aliphatic heterocycles. The highest BCUT2D eigenvalue weighted by Gasteiger charge is 2.28. The minimum atomic E-state index is 0.0461. The zero-order valence-electron chi connectivity index (χ0n) is 10.2. The Kier molecular flexibility index (Phi) is 5.77. The van der Waals surface area contributed by atoms with E-state index in [0.717, 1.165) is 38.6 Å². The summed E-state index contributed by atoms with van der Waals surface area (Å²) >= 11 is 0. The van der Waals surface area contributed by atoms with Gasteiger partial charge >= 0.3 is 0 Å². The summed E-state index contributed by atoms with van der Waals surface area (Å²) in [5.41, 5.74) is 5.89. The Labute approximate surface area is 97.8 Å². The first-order valence-electron chi connectivity index (χ1n) is 6.34. The van der Waals surface area contributed by atoms with E-state index < -0.39 is 0 Å². The second-order valence-electron chi connectivity index (χ2n) is 4.67. The first-order valence-corrected chi connectivity index (χ1v) is 6.34. The van der Waals surface area contributed by atoms with E-state index in [1.165, 1.54) is 0 Å². The SMILES string of the molecule is CCCN(CCO)C(=O)C1CCCC(N)C1. The van der Waals surface area contributed by atoms with Crippen molar-refractivity contribution in [3.63, 3.8) is 0 Å². The van der Waals surface area contributed by atoms with Crippen molar-refractivity contribution in [3.8, 4) is 0 Å². The first kappa shape index (κ1) is 13.5. The fourth-order valence-electron chi connectivity index (χ4n) is 2.43. The van der Waals surface area contributed by atoms with Gasteiger partial charge in [0.15, 0.2) is 0 Å². The molecule has 0 heterocycles. The molecule has 3 N–H and O–H groups in total. The predicted molar refractivity (Wildman–Crippen MR) is 63.9 cm³/mol. The number of hydrogen-bond acceptors (Lipinski definition) is 3. The largest absolute Gasteiger partial charge is 0.395 e. The number of nitrogens with zero attached hydrogens (tertiary/aromatic N) is 1. The van der Waals surface area contributed by atoms with Crippen LogP contribution in [0.25, 0.3) is 0 Å². The number of carbonyl (C=O) groups is 1. The Hall–Kier alpha value is -0.610. The van der Waals surface area contributed by atoms with Crippen molar-refractivity contribution in [3.05, 3.63) is 0 Å². The number of amides is 1. The van der Waals surface area contributed by atoms with E-state index in [0.29, 0.717) is 6.54 Å². The van der Waals surface area contributed by atoms with Gasteiger partial charge in [0.2, 0.25) is 5.91 Å². The maximum atomic E-state index is 12.2. The summed E-state index contributed by atoms with van der Waals surface area (Å²) in [6, 6.07) is 0.181. The van der Waals surface area contributed by atoms with Crippen LogP contribution in [-0.2, 0) is 4.79 Å². The van der Waals surface area contributed by atoms with Gasteiger partial charge in [-0.1, -0.05) is 13.3 Å². The topological polar surface area (TPSA) is 66.6 Å². The van der Waals surface area contributed by atoms with Gasteiger partial charge in [-0.05, 0) is 25.7 Å². The van der Waals surface area contributed by atoms with Crippen LogP contribution in [0.15, 0.2) is 0 Å². The van der Waals surface area contributed by atoms with Crippen LogP contribution in [0.2, 0.25) is 0 Å². The molecular formula is C12H24N2O2. The van der Waals surface area contributed by atoms with E-state index in [1.54, 1.807) is 4.90 Å². The Morgan fingerprint density at radius 3 is 2.75 bits per heavy atom. The summed E-state index contributed by atoms with van der Waals surface area (Å²) in [7, 11) is 0. The minimum Gasteiger partial charge on any atom is -0.395 e. The highest BCUT2D eigenvalue weighted by molar-refractivity contribution is 5.79. The van der Waals surface area contributed by atoms with E-state index in [2.05, 4.69) is 0 Å². The summed E-state index contributed by atoms with van der Waals surface area (Å²) in [4.78, 5) is 14.0. The second-order valence-corrected chi connectivity index (χ2v) is 4.67. The molecule has 4 nitrogen and oxygen atoms in total. The lowest BCUT2D eigenvalue weighted by Gasteiger charge is -2.31. The molecule has 1 amide bonds. The number of carbonyl (C=O) groups excluding carboxylic acids is 1. The van der Waals surface area contributed by atoms with E-state index in [-0.39, 0.29) is 24.5 Å². The summed E-state index contributed by atoms with van der Waals surface area (Å²) < 4.78 is 0. The molecule has 0 aromatic carbocycles. The van der Waals surface area contributed by atoms with Gasteiger partial charge in [0, 0.05) is 25.0 Å². The summed E-state index contributed by atoms with van der Waals surface area (Å²) in [6.07, 6.45) is 4.79. The number of aliphatic hydroxyl groups excluding tert-OH is 1. The molecule has 94 valence electrons. The Morgan fingerprint density at radius 2 is 2.19 bits per heavy atom. The number of nitrogens with two attached hydrogens (primary N) is 1.